The minimum absolute atomic E-state index is 0.297. The number of hydrogen-bond acceptors (Lipinski definition) is 3. The van der Waals surface area contributed by atoms with Gasteiger partial charge in [-0.2, -0.15) is 0 Å². The number of hydrogen-bond donors (Lipinski definition) is 1. The van der Waals surface area contributed by atoms with Crippen molar-refractivity contribution in [2.45, 2.75) is 27.0 Å². The molecule has 102 valence electrons. The van der Waals surface area contributed by atoms with Crippen molar-refractivity contribution in [3.05, 3.63) is 53.2 Å². The molecule has 0 spiro atoms. The van der Waals surface area contributed by atoms with Gasteiger partial charge in [0, 0.05) is 11.6 Å². The van der Waals surface area contributed by atoms with E-state index >= 15 is 0 Å². The first kappa shape index (κ1) is 13.6. The van der Waals surface area contributed by atoms with E-state index in [2.05, 4.69) is 5.32 Å². The highest BCUT2D eigenvalue weighted by Crippen LogP contribution is 2.18. The van der Waals surface area contributed by atoms with Gasteiger partial charge in [-0.3, -0.25) is 0 Å². The first-order chi connectivity index (χ1) is 9.19. The maximum atomic E-state index is 13.0. The summed E-state index contributed by atoms with van der Waals surface area (Å²) in [5.74, 6) is 1.95. The van der Waals surface area contributed by atoms with E-state index in [-0.39, 0.29) is 5.82 Å². The van der Waals surface area contributed by atoms with Gasteiger partial charge in [-0.25, -0.2) is 4.39 Å². The Morgan fingerprint density at radius 2 is 2.16 bits per heavy atom. The van der Waals surface area contributed by atoms with Gasteiger partial charge in [0.15, 0.2) is 0 Å². The van der Waals surface area contributed by atoms with Crippen LogP contribution < -0.4 is 10.1 Å². The molecular formula is C15H18FNO2. The Balaban J connectivity index is 1.97. The molecule has 2 rings (SSSR count). The second kappa shape index (κ2) is 6.38. The molecule has 0 aliphatic carbocycles. The van der Waals surface area contributed by atoms with Gasteiger partial charge in [-0.15, -0.1) is 0 Å². The molecule has 3 nitrogen and oxygen atoms in total. The summed E-state index contributed by atoms with van der Waals surface area (Å²) in [6.45, 7) is 5.93. The smallest absolute Gasteiger partial charge is 0.126 e. The quantitative estimate of drug-likeness (QED) is 0.867. The van der Waals surface area contributed by atoms with Crippen LogP contribution in [-0.2, 0) is 13.2 Å². The van der Waals surface area contributed by atoms with Gasteiger partial charge in [0.25, 0.3) is 0 Å². The van der Waals surface area contributed by atoms with Gasteiger partial charge in [0.1, 0.15) is 29.7 Å². The van der Waals surface area contributed by atoms with Crippen molar-refractivity contribution in [1.29, 1.82) is 0 Å². The molecule has 0 amide bonds. The van der Waals surface area contributed by atoms with E-state index < -0.39 is 0 Å². The van der Waals surface area contributed by atoms with Crippen LogP contribution in [0.25, 0.3) is 0 Å². The van der Waals surface area contributed by atoms with Gasteiger partial charge < -0.3 is 14.5 Å². The monoisotopic (exact) mass is 263 g/mol. The Morgan fingerprint density at radius 3 is 2.89 bits per heavy atom. The summed E-state index contributed by atoms with van der Waals surface area (Å²) >= 11 is 0. The Morgan fingerprint density at radius 1 is 1.32 bits per heavy atom. The van der Waals surface area contributed by atoms with Crippen LogP contribution in [0.5, 0.6) is 5.75 Å². The molecule has 0 saturated heterocycles. The second-order valence-corrected chi connectivity index (χ2v) is 4.32. The van der Waals surface area contributed by atoms with Crippen molar-refractivity contribution in [3.8, 4) is 5.75 Å². The van der Waals surface area contributed by atoms with E-state index in [0.717, 1.165) is 23.6 Å². The number of nitrogens with one attached hydrogen (secondary N) is 1. The Hall–Kier alpha value is -1.81. The molecule has 0 saturated carbocycles. The molecule has 1 heterocycles. The highest BCUT2D eigenvalue weighted by molar-refractivity contribution is 5.25. The average Bonchev–Trinajstić information content (AvgIpc) is 2.75. The molecule has 1 aromatic heterocycles. The van der Waals surface area contributed by atoms with Crippen molar-refractivity contribution >= 4 is 0 Å². The molecule has 0 radical (unpaired) electrons. The lowest BCUT2D eigenvalue weighted by Gasteiger charge is -2.04. The van der Waals surface area contributed by atoms with E-state index in [4.69, 9.17) is 9.15 Å². The highest BCUT2D eigenvalue weighted by Gasteiger charge is 2.08. The molecule has 0 atom stereocenters. The fourth-order valence-electron chi connectivity index (χ4n) is 1.78. The van der Waals surface area contributed by atoms with Crippen LogP contribution in [0, 0.1) is 12.7 Å². The van der Waals surface area contributed by atoms with Crippen LogP contribution >= 0.6 is 0 Å². The number of rotatable bonds is 6. The molecule has 0 aliphatic rings. The zero-order valence-electron chi connectivity index (χ0n) is 11.2. The summed E-state index contributed by atoms with van der Waals surface area (Å²) < 4.78 is 24.2. The van der Waals surface area contributed by atoms with E-state index in [0.29, 0.717) is 18.9 Å². The molecule has 0 aliphatic heterocycles. The van der Waals surface area contributed by atoms with Gasteiger partial charge in [-0.05, 0) is 31.7 Å². The molecule has 4 heteroatoms. The van der Waals surface area contributed by atoms with Crippen molar-refractivity contribution in [2.24, 2.45) is 0 Å². The number of halogens is 1. The SMILES string of the molecule is CCNCc1cc(COc2cccc(F)c2)c(C)o1. The van der Waals surface area contributed by atoms with Gasteiger partial charge in [0.05, 0.1) is 6.54 Å². The predicted octanol–water partition coefficient (Wildman–Crippen LogP) is 3.42. The third-order valence-corrected chi connectivity index (χ3v) is 2.81. The summed E-state index contributed by atoms with van der Waals surface area (Å²) in [4.78, 5) is 0. The minimum atomic E-state index is -0.297. The van der Waals surface area contributed by atoms with Gasteiger partial charge in [0.2, 0.25) is 0 Å². The summed E-state index contributed by atoms with van der Waals surface area (Å²) in [5, 5.41) is 3.20. The first-order valence-electron chi connectivity index (χ1n) is 6.36. The standard InChI is InChI=1S/C15H18FNO2/c1-3-17-9-15-7-12(11(2)19-15)10-18-14-6-4-5-13(16)8-14/h4-8,17H,3,9-10H2,1-2H3. The van der Waals surface area contributed by atoms with Crippen LogP contribution in [0.1, 0.15) is 24.0 Å². The lowest BCUT2D eigenvalue weighted by atomic mass is 10.2. The van der Waals surface area contributed by atoms with E-state index in [1.165, 1.54) is 12.1 Å². The van der Waals surface area contributed by atoms with Crippen LogP contribution in [0.15, 0.2) is 34.7 Å². The van der Waals surface area contributed by atoms with E-state index in [9.17, 15) is 4.39 Å². The second-order valence-electron chi connectivity index (χ2n) is 4.32. The normalized spacial score (nSPS) is 10.7. The molecule has 1 aromatic carbocycles. The Kier molecular flexibility index (Phi) is 4.58. The third kappa shape index (κ3) is 3.83. The predicted molar refractivity (Wildman–Crippen MR) is 71.6 cm³/mol. The van der Waals surface area contributed by atoms with Crippen molar-refractivity contribution in [1.82, 2.24) is 5.32 Å². The number of furan rings is 1. The maximum Gasteiger partial charge on any atom is 0.126 e. The van der Waals surface area contributed by atoms with Crippen LogP contribution in [0.4, 0.5) is 4.39 Å². The maximum absolute atomic E-state index is 13.0. The molecule has 1 N–H and O–H groups in total. The molecule has 2 aromatic rings. The van der Waals surface area contributed by atoms with Crippen molar-refractivity contribution in [2.75, 3.05) is 6.54 Å². The van der Waals surface area contributed by atoms with Crippen LogP contribution in [0.3, 0.4) is 0 Å². The van der Waals surface area contributed by atoms with Crippen molar-refractivity contribution < 1.29 is 13.5 Å². The van der Waals surface area contributed by atoms with E-state index in [1.807, 2.05) is 19.9 Å². The summed E-state index contributed by atoms with van der Waals surface area (Å²) in [7, 11) is 0. The fraction of sp³-hybridized carbons (Fsp3) is 0.333. The number of ether oxygens (including phenoxy) is 1. The third-order valence-electron chi connectivity index (χ3n) is 2.81. The summed E-state index contributed by atoms with van der Waals surface area (Å²) in [6.07, 6.45) is 0. The van der Waals surface area contributed by atoms with Gasteiger partial charge in [-0.1, -0.05) is 13.0 Å². The number of benzene rings is 1. The van der Waals surface area contributed by atoms with E-state index in [1.54, 1.807) is 12.1 Å². The van der Waals surface area contributed by atoms with Crippen molar-refractivity contribution in [3.63, 3.8) is 0 Å². The lowest BCUT2D eigenvalue weighted by molar-refractivity contribution is 0.301. The molecular weight excluding hydrogens is 245 g/mol. The minimum Gasteiger partial charge on any atom is -0.489 e. The summed E-state index contributed by atoms with van der Waals surface area (Å²) in [5.41, 5.74) is 0.983. The number of aryl methyl sites for hydroxylation is 1. The molecule has 19 heavy (non-hydrogen) atoms. The van der Waals surface area contributed by atoms with Crippen LogP contribution in [0.2, 0.25) is 0 Å². The summed E-state index contributed by atoms with van der Waals surface area (Å²) in [6, 6.07) is 8.10. The zero-order chi connectivity index (χ0) is 13.7. The van der Waals surface area contributed by atoms with Crippen LogP contribution in [-0.4, -0.2) is 6.54 Å². The largest absolute Gasteiger partial charge is 0.489 e. The lowest BCUT2D eigenvalue weighted by Crippen LogP contribution is -2.10. The fourth-order valence-corrected chi connectivity index (χ4v) is 1.78. The Bertz CT molecular complexity index is 537. The first-order valence-corrected chi connectivity index (χ1v) is 6.36. The molecule has 0 fully saturated rings. The Labute approximate surface area is 112 Å². The highest BCUT2D eigenvalue weighted by atomic mass is 19.1. The molecule has 0 unspecified atom stereocenters. The van der Waals surface area contributed by atoms with Gasteiger partial charge >= 0.3 is 0 Å². The topological polar surface area (TPSA) is 34.4 Å². The molecule has 0 bridgehead atoms. The zero-order valence-corrected chi connectivity index (χ0v) is 11.2. The average molecular weight is 263 g/mol.